The second-order valence-corrected chi connectivity index (χ2v) is 4.82. The lowest BCUT2D eigenvalue weighted by atomic mass is 10.0. The number of nitro groups is 1. The summed E-state index contributed by atoms with van der Waals surface area (Å²) < 4.78 is 0. The second kappa shape index (κ2) is 6.99. The zero-order chi connectivity index (χ0) is 15.2. The maximum Gasteiger partial charge on any atom is 0.329 e. The van der Waals surface area contributed by atoms with E-state index in [1.807, 2.05) is 13.8 Å². The van der Waals surface area contributed by atoms with Gasteiger partial charge in [0, 0.05) is 13.1 Å². The summed E-state index contributed by atoms with van der Waals surface area (Å²) in [7, 11) is 0. The largest absolute Gasteiger partial charge is 0.388 e. The average Bonchev–Trinajstić information content (AvgIpc) is 2.36. The summed E-state index contributed by atoms with van der Waals surface area (Å²) in [5, 5.41) is 26.8. The Bertz CT molecular complexity index is 464. The van der Waals surface area contributed by atoms with E-state index in [9.17, 15) is 15.2 Å². The predicted molar refractivity (Wildman–Crippen MR) is 76.9 cm³/mol. The first kappa shape index (κ1) is 16.1. The molecule has 1 unspecified atom stereocenters. The molecule has 0 aliphatic heterocycles. The van der Waals surface area contributed by atoms with Gasteiger partial charge in [-0.1, -0.05) is 13.3 Å². The van der Waals surface area contributed by atoms with Gasteiger partial charge in [0.15, 0.2) is 0 Å². The van der Waals surface area contributed by atoms with Gasteiger partial charge >= 0.3 is 5.69 Å². The van der Waals surface area contributed by atoms with Gasteiger partial charge in [0.1, 0.15) is 6.20 Å². The van der Waals surface area contributed by atoms with Crippen molar-refractivity contribution in [3.63, 3.8) is 0 Å². The maximum absolute atomic E-state index is 10.9. The Labute approximate surface area is 117 Å². The van der Waals surface area contributed by atoms with Crippen molar-refractivity contribution in [2.45, 2.75) is 39.2 Å². The Balaban J connectivity index is 2.90. The zero-order valence-corrected chi connectivity index (χ0v) is 12.0. The van der Waals surface area contributed by atoms with E-state index in [1.54, 1.807) is 6.92 Å². The number of anilines is 2. The van der Waals surface area contributed by atoms with Gasteiger partial charge in [0.25, 0.3) is 0 Å². The Morgan fingerprint density at radius 1 is 1.45 bits per heavy atom. The van der Waals surface area contributed by atoms with Gasteiger partial charge in [-0.3, -0.25) is 10.1 Å². The third kappa shape index (κ3) is 4.61. The van der Waals surface area contributed by atoms with Gasteiger partial charge in [-0.2, -0.15) is 4.98 Å². The summed E-state index contributed by atoms with van der Waals surface area (Å²) in [5.41, 5.74) is -1.15. The topological polar surface area (TPSA) is 113 Å². The summed E-state index contributed by atoms with van der Waals surface area (Å²) >= 11 is 0. The maximum atomic E-state index is 10.9. The monoisotopic (exact) mass is 283 g/mol. The van der Waals surface area contributed by atoms with Crippen LogP contribution in [0.1, 0.15) is 33.6 Å². The van der Waals surface area contributed by atoms with E-state index in [0.29, 0.717) is 18.9 Å². The number of hydrogen-bond donors (Lipinski definition) is 3. The molecule has 0 aliphatic rings. The van der Waals surface area contributed by atoms with Crippen molar-refractivity contribution in [1.82, 2.24) is 9.97 Å². The van der Waals surface area contributed by atoms with Gasteiger partial charge in [-0.15, -0.1) is 0 Å². The van der Waals surface area contributed by atoms with E-state index < -0.39 is 10.5 Å². The highest BCUT2D eigenvalue weighted by molar-refractivity contribution is 5.57. The van der Waals surface area contributed by atoms with E-state index in [-0.39, 0.29) is 18.1 Å². The number of aliphatic hydroxyl groups is 1. The Hall–Kier alpha value is -1.96. The molecule has 112 valence electrons. The number of rotatable bonds is 8. The molecule has 0 radical (unpaired) electrons. The first-order valence-corrected chi connectivity index (χ1v) is 6.61. The molecular formula is C12H21N5O3. The van der Waals surface area contributed by atoms with Crippen molar-refractivity contribution in [3.05, 3.63) is 16.3 Å². The van der Waals surface area contributed by atoms with Gasteiger partial charge in [0.05, 0.1) is 10.5 Å². The van der Waals surface area contributed by atoms with Crippen LogP contribution in [0.5, 0.6) is 0 Å². The van der Waals surface area contributed by atoms with E-state index in [2.05, 4.69) is 20.6 Å². The van der Waals surface area contributed by atoms with Crippen LogP contribution in [0.3, 0.4) is 0 Å². The van der Waals surface area contributed by atoms with Crippen LogP contribution in [-0.2, 0) is 0 Å². The van der Waals surface area contributed by atoms with E-state index >= 15 is 0 Å². The minimum atomic E-state index is -0.939. The first-order valence-electron chi connectivity index (χ1n) is 6.61. The van der Waals surface area contributed by atoms with Crippen LogP contribution in [0.25, 0.3) is 0 Å². The van der Waals surface area contributed by atoms with Gasteiger partial charge < -0.3 is 15.7 Å². The van der Waals surface area contributed by atoms with Crippen LogP contribution in [0.4, 0.5) is 17.5 Å². The molecule has 1 aromatic rings. The Morgan fingerprint density at radius 2 is 2.15 bits per heavy atom. The lowest BCUT2D eigenvalue weighted by molar-refractivity contribution is -0.384. The number of nitrogens with one attached hydrogen (secondary N) is 2. The van der Waals surface area contributed by atoms with Crippen LogP contribution < -0.4 is 10.6 Å². The lowest BCUT2D eigenvalue weighted by Gasteiger charge is -2.23. The fraction of sp³-hybridized carbons (Fsp3) is 0.667. The molecule has 8 heteroatoms. The number of nitrogens with zero attached hydrogens (tertiary/aromatic N) is 3. The fourth-order valence-corrected chi connectivity index (χ4v) is 1.78. The highest BCUT2D eigenvalue weighted by Crippen LogP contribution is 2.23. The summed E-state index contributed by atoms with van der Waals surface area (Å²) in [6.45, 7) is 6.32. The van der Waals surface area contributed by atoms with E-state index in [1.165, 1.54) is 0 Å². The van der Waals surface area contributed by atoms with Crippen molar-refractivity contribution in [2.24, 2.45) is 0 Å². The predicted octanol–water partition coefficient (Wildman–Crippen LogP) is 1.78. The second-order valence-electron chi connectivity index (χ2n) is 4.82. The summed E-state index contributed by atoms with van der Waals surface area (Å²) in [5.74, 6) is 0.424. The third-order valence-corrected chi connectivity index (χ3v) is 2.73. The minimum Gasteiger partial charge on any atom is -0.388 e. The summed E-state index contributed by atoms with van der Waals surface area (Å²) in [4.78, 5) is 18.3. The molecule has 20 heavy (non-hydrogen) atoms. The highest BCUT2D eigenvalue weighted by Gasteiger charge is 2.23. The van der Waals surface area contributed by atoms with Crippen LogP contribution in [-0.4, -0.2) is 38.7 Å². The van der Waals surface area contributed by atoms with Crippen molar-refractivity contribution < 1.29 is 10.0 Å². The molecule has 0 amide bonds. The van der Waals surface area contributed by atoms with Gasteiger partial charge in [0.2, 0.25) is 11.8 Å². The van der Waals surface area contributed by atoms with E-state index in [4.69, 9.17) is 0 Å². The van der Waals surface area contributed by atoms with Crippen LogP contribution in [0, 0.1) is 10.1 Å². The number of hydrogen-bond acceptors (Lipinski definition) is 7. The third-order valence-electron chi connectivity index (χ3n) is 2.73. The molecule has 0 saturated carbocycles. The Morgan fingerprint density at radius 3 is 2.70 bits per heavy atom. The first-order chi connectivity index (χ1) is 9.39. The summed E-state index contributed by atoms with van der Waals surface area (Å²) in [6.07, 6.45) is 2.57. The molecule has 1 aromatic heterocycles. The molecule has 0 aromatic carbocycles. The van der Waals surface area contributed by atoms with Gasteiger partial charge in [-0.05, 0) is 20.3 Å². The lowest BCUT2D eigenvalue weighted by Crippen LogP contribution is -2.33. The average molecular weight is 283 g/mol. The molecule has 8 nitrogen and oxygen atoms in total. The molecule has 0 aliphatic carbocycles. The normalized spacial score (nSPS) is 13.6. The van der Waals surface area contributed by atoms with Crippen molar-refractivity contribution in [2.75, 3.05) is 23.7 Å². The van der Waals surface area contributed by atoms with Crippen LogP contribution in [0.2, 0.25) is 0 Å². The molecule has 0 bridgehead atoms. The standard InChI is InChI=1S/C12H21N5O3/c1-4-6-12(3,18)8-15-10-9(17(19)20)7-14-11(16-10)13-5-2/h7,18H,4-6,8H2,1-3H3,(H2,13,14,15,16). The molecule has 1 atom stereocenters. The minimum absolute atomic E-state index is 0.109. The van der Waals surface area contributed by atoms with Crippen LogP contribution in [0.15, 0.2) is 6.20 Å². The smallest absolute Gasteiger partial charge is 0.329 e. The van der Waals surface area contributed by atoms with Crippen molar-refractivity contribution in [1.29, 1.82) is 0 Å². The molecule has 1 rings (SSSR count). The number of aromatic nitrogens is 2. The molecule has 3 N–H and O–H groups in total. The quantitative estimate of drug-likeness (QED) is 0.492. The molecule has 0 saturated heterocycles. The van der Waals surface area contributed by atoms with Crippen molar-refractivity contribution >= 4 is 17.5 Å². The molecule has 1 heterocycles. The van der Waals surface area contributed by atoms with Crippen molar-refractivity contribution in [3.8, 4) is 0 Å². The molecule has 0 fully saturated rings. The fourth-order valence-electron chi connectivity index (χ4n) is 1.78. The SMILES string of the molecule is CCCC(C)(O)CNc1nc(NCC)ncc1[N+](=O)[O-]. The summed E-state index contributed by atoms with van der Waals surface area (Å²) in [6, 6.07) is 0. The Kier molecular flexibility index (Phi) is 5.63. The van der Waals surface area contributed by atoms with Crippen LogP contribution >= 0.6 is 0 Å². The molecule has 0 spiro atoms. The highest BCUT2D eigenvalue weighted by atomic mass is 16.6. The van der Waals surface area contributed by atoms with Gasteiger partial charge in [-0.25, -0.2) is 4.98 Å². The zero-order valence-electron chi connectivity index (χ0n) is 12.0. The van der Waals surface area contributed by atoms with E-state index in [0.717, 1.165) is 12.6 Å². The molecular weight excluding hydrogens is 262 g/mol.